The molecule has 0 aliphatic heterocycles. The van der Waals surface area contributed by atoms with Gasteiger partial charge in [0.05, 0.1) is 12.3 Å². The van der Waals surface area contributed by atoms with Gasteiger partial charge in [-0.15, -0.1) is 0 Å². The van der Waals surface area contributed by atoms with Crippen LogP contribution in [0.1, 0.15) is 12.5 Å². The monoisotopic (exact) mass is 321 g/mol. The second kappa shape index (κ2) is 5.93. The molecular weight excluding hydrogens is 306 g/mol. The first-order chi connectivity index (χ1) is 9.10. The highest BCUT2D eigenvalue weighted by Gasteiger charge is 2.04. The molecule has 0 saturated carbocycles. The number of rotatable bonds is 4. The number of ether oxygens (including phenoxy) is 1. The molecule has 1 heterocycles. The van der Waals surface area contributed by atoms with Crippen LogP contribution in [-0.4, -0.2) is 11.6 Å². The van der Waals surface area contributed by atoms with Crippen LogP contribution in [0.25, 0.3) is 0 Å². The molecule has 1 aromatic carbocycles. The first-order valence-corrected chi connectivity index (χ1v) is 6.82. The molecule has 1 aromatic heterocycles. The molecule has 0 saturated heterocycles. The van der Waals surface area contributed by atoms with Crippen molar-refractivity contribution in [3.8, 4) is 5.88 Å². The third kappa shape index (κ3) is 3.38. The number of benzene rings is 1. The van der Waals surface area contributed by atoms with Crippen LogP contribution in [0.5, 0.6) is 5.88 Å². The fourth-order valence-corrected chi connectivity index (χ4v) is 1.89. The lowest BCUT2D eigenvalue weighted by Gasteiger charge is -2.10. The number of halogens is 1. The molecule has 0 spiro atoms. The SMILES string of the molecule is CCOc1nc(Nc2ccc(Br)c(C)c2)ccc1N. The highest BCUT2D eigenvalue weighted by atomic mass is 79.9. The van der Waals surface area contributed by atoms with Crippen molar-refractivity contribution in [3.63, 3.8) is 0 Å². The van der Waals surface area contributed by atoms with Gasteiger partial charge in [-0.25, -0.2) is 0 Å². The number of aromatic nitrogens is 1. The van der Waals surface area contributed by atoms with Crippen molar-refractivity contribution in [2.24, 2.45) is 0 Å². The van der Waals surface area contributed by atoms with Crippen LogP contribution in [0, 0.1) is 6.92 Å². The van der Waals surface area contributed by atoms with Crippen molar-refractivity contribution in [3.05, 3.63) is 40.4 Å². The number of aryl methyl sites for hydroxylation is 1. The predicted molar refractivity (Wildman–Crippen MR) is 82.0 cm³/mol. The van der Waals surface area contributed by atoms with Crippen molar-refractivity contribution >= 4 is 33.1 Å². The van der Waals surface area contributed by atoms with Gasteiger partial charge in [0, 0.05) is 10.2 Å². The highest BCUT2D eigenvalue weighted by Crippen LogP contribution is 2.25. The number of nitrogens with two attached hydrogens (primary N) is 1. The van der Waals surface area contributed by atoms with E-state index in [9.17, 15) is 0 Å². The Bertz CT molecular complexity index is 587. The predicted octanol–water partition coefficient (Wildman–Crippen LogP) is 3.88. The van der Waals surface area contributed by atoms with Gasteiger partial charge >= 0.3 is 0 Å². The molecule has 0 radical (unpaired) electrons. The maximum Gasteiger partial charge on any atom is 0.239 e. The summed E-state index contributed by atoms with van der Waals surface area (Å²) in [6.45, 7) is 4.48. The molecule has 100 valence electrons. The third-order valence-electron chi connectivity index (χ3n) is 2.60. The molecule has 2 aromatic rings. The largest absolute Gasteiger partial charge is 0.476 e. The molecule has 0 aliphatic rings. The van der Waals surface area contributed by atoms with Crippen LogP contribution in [0.15, 0.2) is 34.8 Å². The van der Waals surface area contributed by atoms with Crippen molar-refractivity contribution in [1.29, 1.82) is 0 Å². The smallest absolute Gasteiger partial charge is 0.239 e. The van der Waals surface area contributed by atoms with Gasteiger partial charge < -0.3 is 15.8 Å². The lowest BCUT2D eigenvalue weighted by Crippen LogP contribution is -2.02. The molecule has 0 bridgehead atoms. The molecule has 0 amide bonds. The number of hydrogen-bond acceptors (Lipinski definition) is 4. The average molecular weight is 322 g/mol. The quantitative estimate of drug-likeness (QED) is 0.897. The zero-order chi connectivity index (χ0) is 13.8. The molecule has 0 unspecified atom stereocenters. The Labute approximate surface area is 121 Å². The van der Waals surface area contributed by atoms with Gasteiger partial charge in [0.15, 0.2) is 0 Å². The van der Waals surface area contributed by atoms with Crippen LogP contribution in [0.3, 0.4) is 0 Å². The minimum absolute atomic E-state index is 0.460. The fraction of sp³-hybridized carbons (Fsp3) is 0.214. The summed E-state index contributed by atoms with van der Waals surface area (Å²) in [6, 6.07) is 9.64. The highest BCUT2D eigenvalue weighted by molar-refractivity contribution is 9.10. The Morgan fingerprint density at radius 1 is 1.32 bits per heavy atom. The van der Waals surface area contributed by atoms with Crippen molar-refractivity contribution < 1.29 is 4.74 Å². The van der Waals surface area contributed by atoms with Crippen LogP contribution < -0.4 is 15.8 Å². The summed E-state index contributed by atoms with van der Waals surface area (Å²) in [6.07, 6.45) is 0. The molecule has 2 rings (SSSR count). The molecular formula is C14H16BrN3O. The number of nitrogens with zero attached hydrogens (tertiary/aromatic N) is 1. The fourth-order valence-electron chi connectivity index (χ4n) is 1.64. The Morgan fingerprint density at radius 2 is 2.11 bits per heavy atom. The van der Waals surface area contributed by atoms with E-state index in [0.29, 0.717) is 24.0 Å². The Balaban J connectivity index is 2.22. The van der Waals surface area contributed by atoms with Gasteiger partial charge in [-0.3, -0.25) is 0 Å². The Kier molecular flexibility index (Phi) is 4.27. The molecule has 5 heteroatoms. The van der Waals surface area contributed by atoms with E-state index in [-0.39, 0.29) is 0 Å². The van der Waals surface area contributed by atoms with Crippen LogP contribution in [0.2, 0.25) is 0 Å². The molecule has 0 atom stereocenters. The Hall–Kier alpha value is -1.75. The second-order valence-electron chi connectivity index (χ2n) is 4.11. The van der Waals surface area contributed by atoms with Crippen molar-refractivity contribution in [2.45, 2.75) is 13.8 Å². The number of anilines is 3. The Morgan fingerprint density at radius 3 is 2.79 bits per heavy atom. The number of nitrogens with one attached hydrogen (secondary N) is 1. The maximum absolute atomic E-state index is 5.79. The van der Waals surface area contributed by atoms with E-state index in [1.54, 1.807) is 6.07 Å². The van der Waals surface area contributed by atoms with E-state index in [2.05, 4.69) is 26.2 Å². The zero-order valence-electron chi connectivity index (χ0n) is 10.9. The van der Waals surface area contributed by atoms with Crippen molar-refractivity contribution in [1.82, 2.24) is 4.98 Å². The van der Waals surface area contributed by atoms with E-state index >= 15 is 0 Å². The summed E-state index contributed by atoms with van der Waals surface area (Å²) < 4.78 is 6.46. The molecule has 19 heavy (non-hydrogen) atoms. The number of nitrogen functional groups attached to an aromatic ring is 1. The second-order valence-corrected chi connectivity index (χ2v) is 4.97. The summed E-state index contributed by atoms with van der Waals surface area (Å²) in [4.78, 5) is 4.34. The lowest BCUT2D eigenvalue weighted by molar-refractivity contribution is 0.329. The van der Waals surface area contributed by atoms with E-state index < -0.39 is 0 Å². The number of hydrogen-bond donors (Lipinski definition) is 2. The maximum atomic E-state index is 5.79. The summed E-state index contributed by atoms with van der Waals surface area (Å²) in [5.41, 5.74) is 8.46. The topological polar surface area (TPSA) is 60.2 Å². The van der Waals surface area contributed by atoms with Gasteiger partial charge in [-0.05, 0) is 49.7 Å². The molecule has 4 nitrogen and oxygen atoms in total. The molecule has 3 N–H and O–H groups in total. The summed E-state index contributed by atoms with van der Waals surface area (Å²) >= 11 is 3.48. The van der Waals surface area contributed by atoms with Crippen LogP contribution >= 0.6 is 15.9 Å². The van der Waals surface area contributed by atoms with Gasteiger partial charge in [0.2, 0.25) is 5.88 Å². The van der Waals surface area contributed by atoms with Gasteiger partial charge in [-0.1, -0.05) is 15.9 Å². The first kappa shape index (κ1) is 13.7. The number of pyridine rings is 1. The van der Waals surface area contributed by atoms with Gasteiger partial charge in [-0.2, -0.15) is 4.98 Å². The van der Waals surface area contributed by atoms with Crippen molar-refractivity contribution in [2.75, 3.05) is 17.7 Å². The van der Waals surface area contributed by atoms with Crippen LogP contribution in [0.4, 0.5) is 17.2 Å². The molecule has 0 aliphatic carbocycles. The minimum atomic E-state index is 0.460. The lowest BCUT2D eigenvalue weighted by atomic mass is 10.2. The van der Waals surface area contributed by atoms with E-state index in [1.165, 1.54) is 0 Å². The first-order valence-electron chi connectivity index (χ1n) is 6.02. The van der Waals surface area contributed by atoms with E-state index in [1.807, 2.05) is 38.1 Å². The summed E-state index contributed by atoms with van der Waals surface area (Å²) in [5.74, 6) is 1.17. The zero-order valence-corrected chi connectivity index (χ0v) is 12.5. The summed E-state index contributed by atoms with van der Waals surface area (Å²) in [5, 5.41) is 3.23. The normalized spacial score (nSPS) is 10.3. The van der Waals surface area contributed by atoms with E-state index in [0.717, 1.165) is 15.7 Å². The van der Waals surface area contributed by atoms with Crippen LogP contribution in [-0.2, 0) is 0 Å². The third-order valence-corrected chi connectivity index (χ3v) is 3.49. The molecule has 0 fully saturated rings. The van der Waals surface area contributed by atoms with E-state index in [4.69, 9.17) is 10.5 Å². The average Bonchev–Trinajstić information content (AvgIpc) is 2.38. The minimum Gasteiger partial charge on any atom is -0.476 e. The summed E-state index contributed by atoms with van der Waals surface area (Å²) in [7, 11) is 0. The van der Waals surface area contributed by atoms with Gasteiger partial charge in [0.25, 0.3) is 0 Å². The van der Waals surface area contributed by atoms with Gasteiger partial charge in [0.1, 0.15) is 5.82 Å². The standard InChI is InChI=1S/C14H16BrN3O/c1-3-19-14-12(16)6-7-13(18-14)17-10-4-5-11(15)9(2)8-10/h4-8H,3,16H2,1-2H3,(H,17,18).